The normalized spacial score (nSPS) is 12.3. The molecule has 1 aromatic carbocycles. The predicted octanol–water partition coefficient (Wildman–Crippen LogP) is 7.27. The number of hydrogen-bond acceptors (Lipinski definition) is 5. The van der Waals surface area contributed by atoms with Gasteiger partial charge in [0, 0.05) is 27.6 Å². The first-order valence-electron chi connectivity index (χ1n) is 13.1. The number of methoxy groups -OCH3 is 2. The van der Waals surface area contributed by atoms with Crippen LogP contribution in [0, 0.1) is 0 Å². The molecule has 3 aromatic heterocycles. The number of H-pyrrole nitrogens is 2. The molecular weight excluding hydrogens is 488 g/mol. The van der Waals surface area contributed by atoms with Gasteiger partial charge in [-0.3, -0.25) is 0 Å². The monoisotopic (exact) mass is 518 g/mol. The van der Waals surface area contributed by atoms with Crippen molar-refractivity contribution in [1.29, 1.82) is 0 Å². The molecule has 2 N–H and O–H groups in total. The Morgan fingerprint density at radius 2 is 1.26 bits per heavy atom. The highest BCUT2D eigenvalue weighted by Crippen LogP contribution is 2.42. The third kappa shape index (κ3) is 5.16. The lowest BCUT2D eigenvalue weighted by molar-refractivity contribution is 0.270. The molecule has 0 saturated carbocycles. The molecule has 0 amide bonds. The quantitative estimate of drug-likeness (QED) is 0.217. The predicted molar refractivity (Wildman–Crippen MR) is 157 cm³/mol. The lowest BCUT2D eigenvalue weighted by Crippen LogP contribution is -2.02. The van der Waals surface area contributed by atoms with Crippen LogP contribution in [0.5, 0.6) is 17.2 Å². The van der Waals surface area contributed by atoms with Crippen LogP contribution in [0.1, 0.15) is 48.1 Å². The molecule has 0 radical (unpaired) electrons. The van der Waals surface area contributed by atoms with Gasteiger partial charge in [-0.25, -0.2) is 9.97 Å². The van der Waals surface area contributed by atoms with Gasteiger partial charge in [-0.2, -0.15) is 0 Å². The second kappa shape index (κ2) is 10.5. The van der Waals surface area contributed by atoms with E-state index in [0.29, 0.717) is 23.9 Å². The van der Waals surface area contributed by atoms with Crippen LogP contribution in [-0.2, 0) is 0 Å². The molecule has 0 spiro atoms. The molecule has 5 heterocycles. The Balaban J connectivity index is 1.53. The summed E-state index contributed by atoms with van der Waals surface area (Å²) in [5.41, 5.74) is 9.21. The molecule has 0 aliphatic carbocycles. The zero-order valence-electron chi connectivity index (χ0n) is 22.2. The van der Waals surface area contributed by atoms with Crippen molar-refractivity contribution in [2.75, 3.05) is 20.8 Å². The third-order valence-corrected chi connectivity index (χ3v) is 6.68. The summed E-state index contributed by atoms with van der Waals surface area (Å²) in [6, 6.07) is 20.3. The van der Waals surface area contributed by atoms with Crippen molar-refractivity contribution in [3.63, 3.8) is 0 Å². The van der Waals surface area contributed by atoms with Crippen LogP contribution in [0.15, 0.2) is 60.7 Å². The standard InChI is InChI=1S/C32H30N4O3/c1-4-5-12-39-32-30(37-2)13-20(14-31(32)38-3)28-18-27-17-25-9-8-23(34-25)15-21-6-7-22(33-21)16-24-10-11-26(35-24)19-29(28)36-27/h6-11,13-19,34-35H,4-5,12H2,1-3H3. The minimum absolute atomic E-state index is 0.599. The van der Waals surface area contributed by atoms with Crippen molar-refractivity contribution in [1.82, 2.24) is 19.9 Å². The Hall–Kier alpha value is -4.78. The van der Waals surface area contributed by atoms with E-state index in [1.54, 1.807) is 14.2 Å². The summed E-state index contributed by atoms with van der Waals surface area (Å²) in [6.45, 7) is 2.73. The Kier molecular flexibility index (Phi) is 6.63. The van der Waals surface area contributed by atoms with Gasteiger partial charge < -0.3 is 24.2 Å². The molecule has 7 heteroatoms. The molecular formula is C32H30N4O3. The number of rotatable bonds is 7. The molecule has 196 valence electrons. The van der Waals surface area contributed by atoms with E-state index in [9.17, 15) is 0 Å². The highest BCUT2D eigenvalue weighted by atomic mass is 16.5. The number of hydrogen-bond donors (Lipinski definition) is 2. The summed E-state index contributed by atoms with van der Waals surface area (Å²) in [4.78, 5) is 16.6. The van der Waals surface area contributed by atoms with Gasteiger partial charge in [0.1, 0.15) is 0 Å². The van der Waals surface area contributed by atoms with Gasteiger partial charge in [0.2, 0.25) is 5.75 Å². The fraction of sp³-hybridized carbons (Fsp3) is 0.188. The largest absolute Gasteiger partial charge is 0.493 e. The number of aromatic amines is 2. The maximum absolute atomic E-state index is 6.04. The van der Waals surface area contributed by atoms with E-state index in [1.165, 1.54) is 0 Å². The summed E-state index contributed by atoms with van der Waals surface area (Å²) < 4.78 is 17.5. The summed E-state index contributed by atoms with van der Waals surface area (Å²) in [6.07, 6.45) is 8.12. The zero-order chi connectivity index (χ0) is 26.8. The first kappa shape index (κ1) is 24.6. The Bertz CT molecular complexity index is 1740. The molecule has 0 saturated heterocycles. The average Bonchev–Trinajstić information content (AvgIpc) is 3.74. The van der Waals surface area contributed by atoms with E-state index < -0.39 is 0 Å². The number of benzene rings is 1. The third-order valence-electron chi connectivity index (χ3n) is 6.68. The van der Waals surface area contributed by atoms with Crippen LogP contribution in [0.3, 0.4) is 0 Å². The van der Waals surface area contributed by atoms with E-state index >= 15 is 0 Å². The molecule has 2 aliphatic rings. The topological polar surface area (TPSA) is 85.0 Å². The van der Waals surface area contributed by atoms with Crippen LogP contribution >= 0.6 is 0 Å². The maximum Gasteiger partial charge on any atom is 0.203 e. The molecule has 4 aromatic rings. The second-order valence-electron chi connectivity index (χ2n) is 9.50. The number of nitrogens with one attached hydrogen (secondary N) is 2. The van der Waals surface area contributed by atoms with Gasteiger partial charge in [-0.05, 0) is 90.9 Å². The van der Waals surface area contributed by atoms with Crippen molar-refractivity contribution in [3.8, 4) is 17.2 Å². The average molecular weight is 519 g/mol. The Morgan fingerprint density at radius 1 is 0.692 bits per heavy atom. The number of aromatic nitrogens is 4. The Morgan fingerprint density at radius 3 is 1.82 bits per heavy atom. The highest BCUT2D eigenvalue weighted by molar-refractivity contribution is 5.94. The second-order valence-corrected chi connectivity index (χ2v) is 9.50. The van der Waals surface area contributed by atoms with Crippen LogP contribution < -0.4 is 14.2 Å². The zero-order valence-corrected chi connectivity index (χ0v) is 22.2. The molecule has 39 heavy (non-hydrogen) atoms. The Labute approximate surface area is 226 Å². The van der Waals surface area contributed by atoms with Crippen molar-refractivity contribution >= 4 is 45.9 Å². The van der Waals surface area contributed by atoms with Gasteiger partial charge in [0.25, 0.3) is 0 Å². The molecule has 0 unspecified atom stereocenters. The number of unbranched alkanes of at least 4 members (excludes halogenated alkanes) is 1. The summed E-state index contributed by atoms with van der Waals surface area (Å²) in [5.74, 6) is 1.86. The fourth-order valence-corrected chi connectivity index (χ4v) is 4.74. The first-order chi connectivity index (χ1) is 19.1. The van der Waals surface area contributed by atoms with Crippen LogP contribution in [0.4, 0.5) is 0 Å². The van der Waals surface area contributed by atoms with Crippen LogP contribution in [-0.4, -0.2) is 40.8 Å². The van der Waals surface area contributed by atoms with Crippen molar-refractivity contribution in [3.05, 3.63) is 89.0 Å². The van der Waals surface area contributed by atoms with Crippen molar-refractivity contribution in [2.45, 2.75) is 19.8 Å². The molecule has 0 atom stereocenters. The lowest BCUT2D eigenvalue weighted by Gasteiger charge is -2.16. The maximum atomic E-state index is 6.04. The smallest absolute Gasteiger partial charge is 0.203 e. The van der Waals surface area contributed by atoms with Gasteiger partial charge >= 0.3 is 0 Å². The minimum Gasteiger partial charge on any atom is -0.493 e. The number of fused-ring (bicyclic) bond motifs is 8. The minimum atomic E-state index is 0.599. The van der Waals surface area contributed by atoms with Crippen LogP contribution in [0.2, 0.25) is 0 Å². The number of nitrogens with zero attached hydrogens (tertiary/aromatic N) is 2. The summed E-state index contributed by atoms with van der Waals surface area (Å²) in [5, 5.41) is 0. The first-order valence-corrected chi connectivity index (χ1v) is 13.1. The van der Waals surface area contributed by atoms with Gasteiger partial charge in [0.15, 0.2) is 11.5 Å². The van der Waals surface area contributed by atoms with Gasteiger partial charge in [-0.1, -0.05) is 13.3 Å². The number of ether oxygens (including phenoxy) is 3. The van der Waals surface area contributed by atoms with E-state index in [1.807, 2.05) is 66.7 Å². The van der Waals surface area contributed by atoms with E-state index in [-0.39, 0.29) is 0 Å². The van der Waals surface area contributed by atoms with Crippen molar-refractivity contribution < 1.29 is 14.2 Å². The highest BCUT2D eigenvalue weighted by Gasteiger charge is 2.20. The van der Waals surface area contributed by atoms with Crippen molar-refractivity contribution in [2.24, 2.45) is 0 Å². The van der Waals surface area contributed by atoms with Gasteiger partial charge in [0.05, 0.1) is 43.6 Å². The van der Waals surface area contributed by atoms with E-state index in [2.05, 4.69) is 29.0 Å². The van der Waals surface area contributed by atoms with E-state index in [4.69, 9.17) is 24.2 Å². The molecule has 8 bridgehead atoms. The fourth-order valence-electron chi connectivity index (χ4n) is 4.74. The molecule has 0 fully saturated rings. The van der Waals surface area contributed by atoms with Gasteiger partial charge in [-0.15, -0.1) is 0 Å². The van der Waals surface area contributed by atoms with Crippen LogP contribution in [0.25, 0.3) is 45.9 Å². The SMILES string of the molecule is CCCCOc1c(OC)cc(C2=Cc3cc4ccc(cc5nc(cc6ccc(cc2n3)[nH]6)C=C5)[nH]4)cc1OC. The lowest BCUT2D eigenvalue weighted by atomic mass is 10.0. The molecule has 2 aliphatic heterocycles. The summed E-state index contributed by atoms with van der Waals surface area (Å²) in [7, 11) is 3.29. The summed E-state index contributed by atoms with van der Waals surface area (Å²) >= 11 is 0. The van der Waals surface area contributed by atoms with E-state index in [0.717, 1.165) is 68.8 Å². The molecule has 7 nitrogen and oxygen atoms in total. The molecule has 6 rings (SSSR count).